The number of nitrogens with zero attached hydrogens (tertiary/aromatic N) is 2. The van der Waals surface area contributed by atoms with Gasteiger partial charge in [-0.05, 0) is 50.6 Å². The van der Waals surface area contributed by atoms with Crippen molar-refractivity contribution in [3.8, 4) is 0 Å². The van der Waals surface area contributed by atoms with Crippen LogP contribution in [0.1, 0.15) is 32.8 Å². The zero-order chi connectivity index (χ0) is 34.3. The zero-order valence-electron chi connectivity index (χ0n) is 27.0. The summed E-state index contributed by atoms with van der Waals surface area (Å²) in [6.07, 6.45) is 1.75. The lowest BCUT2D eigenvalue weighted by Crippen LogP contribution is -2.54. The van der Waals surface area contributed by atoms with Crippen LogP contribution in [0.4, 0.5) is 5.69 Å². The molecule has 46 heavy (non-hydrogen) atoms. The Morgan fingerprint density at radius 2 is 1.52 bits per heavy atom. The lowest BCUT2D eigenvalue weighted by atomic mass is 10.0. The number of ether oxygens (including phenoxy) is 3. The predicted molar refractivity (Wildman–Crippen MR) is 173 cm³/mol. The van der Waals surface area contributed by atoms with Crippen LogP contribution in [-0.2, 0) is 49.8 Å². The van der Waals surface area contributed by atoms with Gasteiger partial charge in [0.25, 0.3) is 15.9 Å². The number of halogens is 1. The first kappa shape index (κ1) is 39.1. The molecular weight excluding hydrogens is 642 g/mol. The molecule has 0 bridgehead atoms. The molecule has 0 saturated heterocycles. The van der Waals surface area contributed by atoms with Crippen LogP contribution in [0.15, 0.2) is 34.7 Å². The fraction of sp³-hybridized carbons (Fsp3) is 0.600. The Labute approximate surface area is 276 Å². The Morgan fingerprint density at radius 3 is 2.07 bits per heavy atom. The van der Waals surface area contributed by atoms with Gasteiger partial charge in [-0.25, -0.2) is 4.31 Å². The molecule has 1 aliphatic rings. The van der Waals surface area contributed by atoms with Crippen LogP contribution in [0.5, 0.6) is 0 Å². The number of carbonyl (C=O) groups excluding carboxylic acids is 4. The molecule has 258 valence electrons. The van der Waals surface area contributed by atoms with Crippen LogP contribution < -0.4 is 20.9 Å². The van der Waals surface area contributed by atoms with Crippen molar-refractivity contribution < 1.29 is 41.8 Å². The molecule has 2 atom stereocenters. The highest BCUT2D eigenvalue weighted by atomic mass is 35.5. The lowest BCUT2D eigenvalue weighted by molar-refractivity contribution is -0.132. The van der Waals surface area contributed by atoms with Crippen molar-refractivity contribution >= 4 is 50.9 Å². The van der Waals surface area contributed by atoms with Crippen LogP contribution in [0.2, 0.25) is 0 Å². The van der Waals surface area contributed by atoms with Gasteiger partial charge >= 0.3 is 0 Å². The molecule has 14 nitrogen and oxygen atoms in total. The summed E-state index contributed by atoms with van der Waals surface area (Å²) in [5.74, 6) is -2.04. The number of amides is 4. The Kier molecular flexibility index (Phi) is 16.6. The van der Waals surface area contributed by atoms with E-state index in [4.69, 9.17) is 25.8 Å². The molecule has 0 fully saturated rings. The summed E-state index contributed by atoms with van der Waals surface area (Å²) in [4.78, 5) is 51.6. The van der Waals surface area contributed by atoms with Gasteiger partial charge in [-0.1, -0.05) is 37.6 Å². The number of anilines is 1. The summed E-state index contributed by atoms with van der Waals surface area (Å²) in [5.41, 5.74) is 1.86. The van der Waals surface area contributed by atoms with Gasteiger partial charge < -0.3 is 35.1 Å². The Hall–Kier alpha value is -3.08. The smallest absolute Gasteiger partial charge is 0.277 e. The summed E-state index contributed by atoms with van der Waals surface area (Å²) in [7, 11) is -0.407. The SMILES string of the molecule is CNCCc1ccc(N(C)C(=O)[C@H](C)NC(=O)[C@@H](NC(=O)CCOCCOCCOCCN2C(=O)C=C(Cl)S2(=O)=O)C(C)C)cc1. The van der Waals surface area contributed by atoms with Crippen molar-refractivity contribution in [1.82, 2.24) is 20.3 Å². The third kappa shape index (κ3) is 12.3. The average molecular weight is 688 g/mol. The van der Waals surface area contributed by atoms with E-state index in [1.165, 1.54) is 4.90 Å². The quantitative estimate of drug-likeness (QED) is 0.157. The van der Waals surface area contributed by atoms with E-state index in [2.05, 4.69) is 16.0 Å². The van der Waals surface area contributed by atoms with Crippen molar-refractivity contribution in [3.05, 3.63) is 40.3 Å². The molecule has 4 amide bonds. The van der Waals surface area contributed by atoms with Crippen LogP contribution >= 0.6 is 11.6 Å². The molecule has 2 rings (SSSR count). The molecule has 3 N–H and O–H groups in total. The summed E-state index contributed by atoms with van der Waals surface area (Å²) in [6.45, 7) is 6.87. The molecule has 0 unspecified atom stereocenters. The Balaban J connectivity index is 1.62. The standard InChI is InChI=1S/C30H46ClN5O9S/c1-21(2)28(29(39)33-22(3)30(40)35(5)24-8-6-23(7-9-24)10-12-32-4)34-26(37)11-14-43-16-18-45-19-17-44-15-13-36-27(38)20-25(31)46(36,41)42/h6-9,20-22,28,32H,10-19H2,1-5H3,(H,33,39)(H,34,37)/t22-,28-/m0/s1. The van der Waals surface area contributed by atoms with E-state index in [9.17, 15) is 27.6 Å². The van der Waals surface area contributed by atoms with Gasteiger partial charge in [0, 0.05) is 25.2 Å². The lowest BCUT2D eigenvalue weighted by Gasteiger charge is -2.26. The largest absolute Gasteiger partial charge is 0.379 e. The molecule has 0 saturated carbocycles. The maximum absolute atomic E-state index is 13.0. The number of nitrogens with one attached hydrogen (secondary N) is 3. The maximum atomic E-state index is 13.0. The third-order valence-electron chi connectivity index (χ3n) is 6.99. The second-order valence-electron chi connectivity index (χ2n) is 10.9. The first-order valence-electron chi connectivity index (χ1n) is 15.1. The third-order valence-corrected chi connectivity index (χ3v) is 9.24. The monoisotopic (exact) mass is 687 g/mol. The van der Waals surface area contributed by atoms with Crippen LogP contribution in [0, 0.1) is 5.92 Å². The van der Waals surface area contributed by atoms with Crippen LogP contribution in [0.25, 0.3) is 0 Å². The second-order valence-corrected chi connectivity index (χ2v) is 13.3. The Morgan fingerprint density at radius 1 is 0.935 bits per heavy atom. The minimum atomic E-state index is -3.95. The molecule has 1 aliphatic heterocycles. The number of benzene rings is 1. The number of likely N-dealkylation sites (N-methyl/N-ethyl adjacent to an activating group) is 2. The van der Waals surface area contributed by atoms with E-state index in [1.807, 2.05) is 31.3 Å². The molecule has 0 spiro atoms. The number of hydrogen-bond acceptors (Lipinski definition) is 10. The minimum absolute atomic E-state index is 0.00830. The normalized spacial score (nSPS) is 15.4. The van der Waals surface area contributed by atoms with Gasteiger partial charge in [-0.2, -0.15) is 8.42 Å². The van der Waals surface area contributed by atoms with Crippen molar-refractivity contribution in [2.75, 3.05) is 71.7 Å². The highest BCUT2D eigenvalue weighted by molar-refractivity contribution is 7.95. The number of hydrogen-bond donors (Lipinski definition) is 3. The van der Waals surface area contributed by atoms with E-state index >= 15 is 0 Å². The van der Waals surface area contributed by atoms with Crippen molar-refractivity contribution in [2.24, 2.45) is 5.92 Å². The van der Waals surface area contributed by atoms with Crippen LogP contribution in [0.3, 0.4) is 0 Å². The molecule has 16 heteroatoms. The van der Waals surface area contributed by atoms with Gasteiger partial charge in [0.1, 0.15) is 12.1 Å². The van der Waals surface area contributed by atoms with Crippen molar-refractivity contribution in [2.45, 2.75) is 45.7 Å². The summed E-state index contributed by atoms with van der Waals surface area (Å²) >= 11 is 5.54. The first-order valence-corrected chi connectivity index (χ1v) is 16.9. The Bertz CT molecular complexity index is 1310. The molecule has 1 aromatic carbocycles. The van der Waals surface area contributed by atoms with Gasteiger partial charge in [0.05, 0.1) is 46.2 Å². The van der Waals surface area contributed by atoms with E-state index < -0.39 is 38.3 Å². The van der Waals surface area contributed by atoms with Crippen molar-refractivity contribution in [1.29, 1.82) is 0 Å². The molecule has 0 aliphatic carbocycles. The van der Waals surface area contributed by atoms with Crippen LogP contribution in [-0.4, -0.2) is 115 Å². The van der Waals surface area contributed by atoms with E-state index in [-0.39, 0.29) is 70.3 Å². The van der Waals surface area contributed by atoms with E-state index in [0.29, 0.717) is 9.99 Å². The minimum Gasteiger partial charge on any atom is -0.379 e. The first-order chi connectivity index (χ1) is 21.8. The molecule has 0 radical (unpaired) electrons. The average Bonchev–Trinajstić information content (AvgIpc) is 3.21. The fourth-order valence-corrected chi connectivity index (χ4v) is 5.68. The molecule has 1 heterocycles. The van der Waals surface area contributed by atoms with E-state index in [1.54, 1.807) is 27.8 Å². The number of sulfonamides is 1. The van der Waals surface area contributed by atoms with Gasteiger partial charge in [0.15, 0.2) is 4.36 Å². The fourth-order valence-electron chi connectivity index (χ4n) is 4.27. The number of rotatable bonds is 21. The van der Waals surface area contributed by atoms with Gasteiger partial charge in [0.2, 0.25) is 17.7 Å². The van der Waals surface area contributed by atoms with Gasteiger partial charge in [-0.3, -0.25) is 19.2 Å². The molecular formula is C30H46ClN5O9S. The maximum Gasteiger partial charge on any atom is 0.277 e. The zero-order valence-corrected chi connectivity index (χ0v) is 28.6. The summed E-state index contributed by atoms with van der Waals surface area (Å²) < 4.78 is 39.9. The predicted octanol–water partition coefficient (Wildman–Crippen LogP) is 0.749. The number of carbonyl (C=O) groups is 4. The second kappa shape index (κ2) is 19.6. The molecule has 1 aromatic rings. The highest BCUT2D eigenvalue weighted by Gasteiger charge is 2.36. The highest BCUT2D eigenvalue weighted by Crippen LogP contribution is 2.24. The molecule has 0 aromatic heterocycles. The van der Waals surface area contributed by atoms with Crippen molar-refractivity contribution in [3.63, 3.8) is 0 Å². The topological polar surface area (TPSA) is 173 Å². The van der Waals surface area contributed by atoms with E-state index in [0.717, 1.165) is 24.6 Å². The summed E-state index contributed by atoms with van der Waals surface area (Å²) in [5, 5.41) is 8.55. The summed E-state index contributed by atoms with van der Waals surface area (Å²) in [6, 6.07) is 6.02. The van der Waals surface area contributed by atoms with Gasteiger partial charge in [-0.15, -0.1) is 0 Å².